The molecule has 2 rings (SSSR count). The Bertz CT molecular complexity index is 698. The number of sulfonamides is 1. The lowest BCUT2D eigenvalue weighted by molar-refractivity contribution is 0.377. The second-order valence-corrected chi connectivity index (χ2v) is 7.34. The molecule has 1 heterocycles. The fourth-order valence-corrected chi connectivity index (χ4v) is 4.17. The van der Waals surface area contributed by atoms with Crippen molar-refractivity contribution in [2.75, 3.05) is 0 Å². The Morgan fingerprint density at radius 1 is 1.32 bits per heavy atom. The van der Waals surface area contributed by atoms with E-state index in [-0.39, 0.29) is 11.4 Å². The Kier molecular flexibility index (Phi) is 4.44. The van der Waals surface area contributed by atoms with Crippen LogP contribution in [0.2, 0.25) is 0 Å². The van der Waals surface area contributed by atoms with Crippen LogP contribution in [0.3, 0.4) is 0 Å². The fourth-order valence-electron chi connectivity index (χ4n) is 1.44. The highest BCUT2D eigenvalue weighted by Crippen LogP contribution is 2.25. The molecule has 1 N–H and O–H groups in total. The molecule has 19 heavy (non-hydrogen) atoms. The number of rotatable bonds is 4. The summed E-state index contributed by atoms with van der Waals surface area (Å²) in [5, 5.41) is 3.69. The molecule has 0 aliphatic carbocycles. The van der Waals surface area contributed by atoms with Crippen molar-refractivity contribution >= 4 is 41.9 Å². The van der Waals surface area contributed by atoms with Crippen LogP contribution in [0, 0.1) is 6.92 Å². The summed E-state index contributed by atoms with van der Waals surface area (Å²) in [4.78, 5) is 0.173. The molecule has 0 aliphatic rings. The van der Waals surface area contributed by atoms with Crippen molar-refractivity contribution in [2.24, 2.45) is 0 Å². The van der Waals surface area contributed by atoms with Gasteiger partial charge in [-0.1, -0.05) is 21.1 Å². The maximum absolute atomic E-state index is 12.1. The molecule has 0 aliphatic heterocycles. The largest absolute Gasteiger partial charge is 0.360 e. The smallest absolute Gasteiger partial charge is 0.242 e. The minimum absolute atomic E-state index is 0.0612. The fraction of sp³-hybridized carbons (Fsp3) is 0.182. The molecule has 0 saturated carbocycles. The Labute approximate surface area is 127 Å². The van der Waals surface area contributed by atoms with Gasteiger partial charge in [-0.3, -0.25) is 0 Å². The summed E-state index contributed by atoms with van der Waals surface area (Å²) in [5.41, 5.74) is 0.707. The third-order valence-electron chi connectivity index (χ3n) is 2.30. The van der Waals surface area contributed by atoms with E-state index in [1.54, 1.807) is 25.1 Å². The first-order valence-corrected chi connectivity index (χ1v) is 8.32. The topological polar surface area (TPSA) is 72.2 Å². The first-order chi connectivity index (χ1) is 8.88. The van der Waals surface area contributed by atoms with Crippen LogP contribution < -0.4 is 4.72 Å². The van der Waals surface area contributed by atoms with Gasteiger partial charge in [-0.15, -0.1) is 0 Å². The summed E-state index contributed by atoms with van der Waals surface area (Å²) >= 11 is 6.50. The maximum Gasteiger partial charge on any atom is 0.242 e. The van der Waals surface area contributed by atoms with E-state index in [9.17, 15) is 8.42 Å². The summed E-state index contributed by atoms with van der Waals surface area (Å²) in [6.07, 6.45) is 0. The summed E-state index contributed by atoms with van der Waals surface area (Å²) < 4.78 is 32.9. The standard InChI is InChI=1S/C11H10Br2N2O3S/c1-7-4-9(18-15-7)6-14-19(16,17)11-3-2-8(12)5-10(11)13/h2-5,14H,6H2,1H3. The molecule has 2 aromatic rings. The molecule has 0 amide bonds. The van der Waals surface area contributed by atoms with Crippen molar-refractivity contribution in [3.8, 4) is 0 Å². The normalized spacial score (nSPS) is 11.7. The lowest BCUT2D eigenvalue weighted by atomic mass is 10.4. The van der Waals surface area contributed by atoms with E-state index >= 15 is 0 Å². The minimum atomic E-state index is -3.60. The second-order valence-electron chi connectivity index (χ2n) is 3.83. The number of hydrogen-bond donors (Lipinski definition) is 1. The first kappa shape index (κ1) is 14.7. The molecule has 0 fully saturated rings. The lowest BCUT2D eigenvalue weighted by Gasteiger charge is -2.07. The highest BCUT2D eigenvalue weighted by molar-refractivity contribution is 9.11. The molecular formula is C11H10Br2N2O3S. The summed E-state index contributed by atoms with van der Waals surface area (Å²) in [5.74, 6) is 0.467. The van der Waals surface area contributed by atoms with Gasteiger partial charge >= 0.3 is 0 Å². The zero-order chi connectivity index (χ0) is 14.0. The predicted molar refractivity (Wildman–Crippen MR) is 77.1 cm³/mol. The van der Waals surface area contributed by atoms with E-state index in [2.05, 4.69) is 41.7 Å². The van der Waals surface area contributed by atoms with Crippen LogP contribution in [0.5, 0.6) is 0 Å². The number of hydrogen-bond acceptors (Lipinski definition) is 4. The number of nitrogens with one attached hydrogen (secondary N) is 1. The Hall–Kier alpha value is -0.700. The molecule has 5 nitrogen and oxygen atoms in total. The van der Waals surface area contributed by atoms with Gasteiger partial charge in [0.2, 0.25) is 10.0 Å². The monoisotopic (exact) mass is 408 g/mol. The third-order valence-corrected chi connectivity index (χ3v) is 5.17. The summed E-state index contributed by atoms with van der Waals surface area (Å²) in [7, 11) is -3.60. The molecule has 0 atom stereocenters. The van der Waals surface area contributed by atoms with Crippen LogP contribution in [0.15, 0.2) is 42.6 Å². The van der Waals surface area contributed by atoms with Gasteiger partial charge in [0.15, 0.2) is 5.76 Å². The van der Waals surface area contributed by atoms with Crippen molar-refractivity contribution in [1.82, 2.24) is 9.88 Å². The van der Waals surface area contributed by atoms with E-state index in [0.717, 1.165) is 4.47 Å². The van der Waals surface area contributed by atoms with Crippen LogP contribution in [-0.2, 0) is 16.6 Å². The van der Waals surface area contributed by atoms with E-state index in [1.165, 1.54) is 6.07 Å². The van der Waals surface area contributed by atoms with Gasteiger partial charge in [-0.2, -0.15) is 0 Å². The van der Waals surface area contributed by atoms with Gasteiger partial charge in [0.1, 0.15) is 0 Å². The van der Waals surface area contributed by atoms with Crippen molar-refractivity contribution < 1.29 is 12.9 Å². The SMILES string of the molecule is Cc1cc(CNS(=O)(=O)c2ccc(Br)cc2Br)on1. The third kappa shape index (κ3) is 3.65. The number of halogens is 2. The first-order valence-electron chi connectivity index (χ1n) is 5.25. The van der Waals surface area contributed by atoms with Gasteiger partial charge in [-0.05, 0) is 41.1 Å². The minimum Gasteiger partial charge on any atom is -0.360 e. The molecule has 8 heteroatoms. The predicted octanol–water partition coefficient (Wildman–Crippen LogP) is 2.99. The highest BCUT2D eigenvalue weighted by atomic mass is 79.9. The molecule has 0 spiro atoms. The molecule has 0 saturated heterocycles. The van der Waals surface area contributed by atoms with Crippen molar-refractivity contribution in [2.45, 2.75) is 18.4 Å². The van der Waals surface area contributed by atoms with Crippen LogP contribution in [0.4, 0.5) is 0 Å². The number of nitrogens with zero attached hydrogens (tertiary/aromatic N) is 1. The number of benzene rings is 1. The zero-order valence-electron chi connectivity index (χ0n) is 9.85. The molecule has 0 radical (unpaired) electrons. The average Bonchev–Trinajstić information content (AvgIpc) is 2.72. The molecule has 1 aromatic heterocycles. The van der Waals surface area contributed by atoms with Crippen LogP contribution in [0.25, 0.3) is 0 Å². The van der Waals surface area contributed by atoms with Gasteiger partial charge in [0.05, 0.1) is 17.1 Å². The quantitative estimate of drug-likeness (QED) is 0.842. The van der Waals surface area contributed by atoms with E-state index in [1.807, 2.05) is 0 Å². The average molecular weight is 410 g/mol. The van der Waals surface area contributed by atoms with Gasteiger partial charge in [-0.25, -0.2) is 13.1 Å². The maximum atomic E-state index is 12.1. The van der Waals surface area contributed by atoms with Crippen LogP contribution in [-0.4, -0.2) is 13.6 Å². The molecule has 102 valence electrons. The number of aromatic nitrogens is 1. The van der Waals surface area contributed by atoms with Gasteiger partial charge < -0.3 is 4.52 Å². The van der Waals surface area contributed by atoms with Crippen LogP contribution >= 0.6 is 31.9 Å². The Morgan fingerprint density at radius 3 is 2.63 bits per heavy atom. The van der Waals surface area contributed by atoms with E-state index in [4.69, 9.17) is 4.52 Å². The van der Waals surface area contributed by atoms with E-state index in [0.29, 0.717) is 15.9 Å². The zero-order valence-corrected chi connectivity index (χ0v) is 13.8. The molecule has 0 bridgehead atoms. The van der Waals surface area contributed by atoms with Crippen molar-refractivity contribution in [3.05, 3.63) is 44.7 Å². The number of aryl methyl sites for hydroxylation is 1. The Balaban J connectivity index is 2.18. The summed E-state index contributed by atoms with van der Waals surface area (Å²) in [6, 6.07) is 6.53. The van der Waals surface area contributed by atoms with Gasteiger partial charge in [0.25, 0.3) is 0 Å². The highest BCUT2D eigenvalue weighted by Gasteiger charge is 2.18. The van der Waals surface area contributed by atoms with Crippen molar-refractivity contribution in [3.63, 3.8) is 0 Å². The lowest BCUT2D eigenvalue weighted by Crippen LogP contribution is -2.23. The molecule has 0 unspecified atom stereocenters. The van der Waals surface area contributed by atoms with Gasteiger partial charge in [0, 0.05) is 15.0 Å². The van der Waals surface area contributed by atoms with E-state index < -0.39 is 10.0 Å². The summed E-state index contributed by atoms with van der Waals surface area (Å²) in [6.45, 7) is 1.83. The molecular weight excluding hydrogens is 400 g/mol. The molecule has 1 aromatic carbocycles. The van der Waals surface area contributed by atoms with Crippen molar-refractivity contribution in [1.29, 1.82) is 0 Å². The second kappa shape index (κ2) is 5.74. The van der Waals surface area contributed by atoms with Crippen LogP contribution in [0.1, 0.15) is 11.5 Å². The Morgan fingerprint density at radius 2 is 2.05 bits per heavy atom.